The molecule has 204 valence electrons. The normalized spacial score (nSPS) is 18.1. The number of benzene rings is 2. The van der Waals surface area contributed by atoms with E-state index in [1.54, 1.807) is 18.4 Å². The second kappa shape index (κ2) is 11.4. The molecule has 2 aromatic carbocycles. The number of rotatable bonds is 7. The molecule has 4 heterocycles. The van der Waals surface area contributed by atoms with Crippen molar-refractivity contribution in [1.82, 2.24) is 15.1 Å². The van der Waals surface area contributed by atoms with E-state index >= 15 is 0 Å². The Bertz CT molecular complexity index is 1460. The zero-order chi connectivity index (χ0) is 27.5. The van der Waals surface area contributed by atoms with Crippen molar-refractivity contribution in [3.63, 3.8) is 0 Å². The minimum atomic E-state index is -0.834. The van der Waals surface area contributed by atoms with Gasteiger partial charge in [0, 0.05) is 37.4 Å². The van der Waals surface area contributed by atoms with Crippen LogP contribution >= 0.6 is 11.8 Å². The lowest BCUT2D eigenvalue weighted by atomic mass is 10.1. The lowest BCUT2D eigenvalue weighted by Crippen LogP contribution is -2.49. The summed E-state index contributed by atoms with van der Waals surface area (Å²) in [7, 11) is 0. The van der Waals surface area contributed by atoms with Gasteiger partial charge in [0.1, 0.15) is 17.6 Å². The molecule has 1 saturated heterocycles. The highest BCUT2D eigenvalue weighted by molar-refractivity contribution is 8.14. The van der Waals surface area contributed by atoms with Gasteiger partial charge in [-0.3, -0.25) is 19.4 Å². The van der Waals surface area contributed by atoms with Crippen molar-refractivity contribution in [2.45, 2.75) is 19.0 Å². The third-order valence-corrected chi connectivity index (χ3v) is 7.98. The molecule has 3 aliphatic heterocycles. The average molecular weight is 557 g/mol. The number of furan rings is 1. The number of hydrogen-bond donors (Lipinski definition) is 1. The summed E-state index contributed by atoms with van der Waals surface area (Å²) in [5.41, 5.74) is 2.54. The first kappa shape index (κ1) is 25.9. The van der Waals surface area contributed by atoms with Crippen LogP contribution in [0.25, 0.3) is 0 Å². The van der Waals surface area contributed by atoms with E-state index in [1.165, 1.54) is 4.90 Å². The van der Waals surface area contributed by atoms with Crippen LogP contribution in [0.3, 0.4) is 0 Å². The number of nitrogens with zero attached hydrogens (tertiary/aromatic N) is 5. The Kier molecular flexibility index (Phi) is 7.37. The minimum Gasteiger partial charge on any atom is -0.467 e. The molecule has 40 heavy (non-hydrogen) atoms. The monoisotopic (exact) mass is 556 g/mol. The summed E-state index contributed by atoms with van der Waals surface area (Å²) < 4.78 is 5.25. The van der Waals surface area contributed by atoms with E-state index < -0.39 is 6.04 Å². The predicted octanol–water partition coefficient (Wildman–Crippen LogP) is 3.03. The fraction of sp³-hybridized carbons (Fsp3) is 0.276. The third-order valence-electron chi connectivity index (χ3n) is 7.04. The second-order valence-electron chi connectivity index (χ2n) is 9.61. The van der Waals surface area contributed by atoms with E-state index in [4.69, 9.17) is 9.41 Å². The van der Waals surface area contributed by atoms with Gasteiger partial charge in [-0.25, -0.2) is 9.89 Å². The van der Waals surface area contributed by atoms with Crippen molar-refractivity contribution in [2.75, 3.05) is 36.8 Å². The van der Waals surface area contributed by atoms with E-state index in [-0.39, 0.29) is 36.4 Å². The van der Waals surface area contributed by atoms with Crippen LogP contribution in [0.1, 0.15) is 17.7 Å². The molecular formula is C29H28N6O4S. The lowest BCUT2D eigenvalue weighted by Gasteiger charge is -2.36. The Balaban J connectivity index is 1.11. The summed E-state index contributed by atoms with van der Waals surface area (Å²) >= 11 is 1.16. The zero-order valence-electron chi connectivity index (χ0n) is 21.7. The molecular weight excluding hydrogens is 528 g/mol. The number of fused-ring (bicyclic) bond motifs is 3. The fourth-order valence-electron chi connectivity index (χ4n) is 4.96. The molecule has 0 bridgehead atoms. The highest BCUT2D eigenvalue weighted by atomic mass is 32.2. The number of hydrogen-bond acceptors (Lipinski definition) is 8. The van der Waals surface area contributed by atoms with E-state index in [0.717, 1.165) is 36.1 Å². The number of piperazine rings is 1. The van der Waals surface area contributed by atoms with E-state index in [9.17, 15) is 14.4 Å². The quantitative estimate of drug-likeness (QED) is 0.479. The van der Waals surface area contributed by atoms with Gasteiger partial charge in [0.15, 0.2) is 5.17 Å². The zero-order valence-corrected chi connectivity index (χ0v) is 22.5. The van der Waals surface area contributed by atoms with E-state index in [2.05, 4.69) is 27.3 Å². The first-order valence-electron chi connectivity index (χ1n) is 13.2. The van der Waals surface area contributed by atoms with Crippen molar-refractivity contribution in [3.8, 4) is 0 Å². The Labute approximate surface area is 235 Å². The summed E-state index contributed by atoms with van der Waals surface area (Å²) in [5, 5.41) is 3.18. The Morgan fingerprint density at radius 2 is 1.75 bits per heavy atom. The molecule has 3 aromatic rings. The second-order valence-corrected chi connectivity index (χ2v) is 10.5. The van der Waals surface area contributed by atoms with Crippen molar-refractivity contribution < 1.29 is 18.8 Å². The summed E-state index contributed by atoms with van der Waals surface area (Å²) in [6.45, 7) is 2.93. The molecule has 11 heteroatoms. The van der Waals surface area contributed by atoms with Crippen LogP contribution in [0.2, 0.25) is 0 Å². The molecule has 1 N–H and O–H groups in total. The van der Waals surface area contributed by atoms with Crippen LogP contribution in [0.15, 0.2) is 87.4 Å². The van der Waals surface area contributed by atoms with Gasteiger partial charge in [0.05, 0.1) is 30.7 Å². The maximum atomic E-state index is 13.6. The number of anilines is 1. The van der Waals surface area contributed by atoms with Gasteiger partial charge in [-0.1, -0.05) is 42.1 Å². The average Bonchev–Trinajstić information content (AvgIpc) is 3.63. The van der Waals surface area contributed by atoms with Crippen LogP contribution in [0.4, 0.5) is 11.4 Å². The molecule has 0 unspecified atom stereocenters. The van der Waals surface area contributed by atoms with Crippen LogP contribution in [0, 0.1) is 0 Å². The highest BCUT2D eigenvalue weighted by Crippen LogP contribution is 2.34. The van der Waals surface area contributed by atoms with Crippen LogP contribution < -0.4 is 10.2 Å². The highest BCUT2D eigenvalue weighted by Gasteiger charge is 2.42. The molecule has 10 nitrogen and oxygen atoms in total. The topological polar surface area (TPSA) is 111 Å². The number of thioether (sulfide) groups is 1. The molecule has 1 atom stereocenters. The molecule has 3 aliphatic rings. The van der Waals surface area contributed by atoms with Gasteiger partial charge in [-0.2, -0.15) is 0 Å². The fourth-order valence-corrected chi connectivity index (χ4v) is 5.79. The smallest absolute Gasteiger partial charge is 0.259 e. The molecule has 1 aromatic heterocycles. The summed E-state index contributed by atoms with van der Waals surface area (Å²) in [6.07, 6.45) is 1.55. The number of aliphatic imine (C=N–C) groups is 2. The molecule has 3 amide bonds. The maximum absolute atomic E-state index is 13.6. The van der Waals surface area contributed by atoms with E-state index in [0.29, 0.717) is 35.5 Å². The van der Waals surface area contributed by atoms with Crippen LogP contribution in [0.5, 0.6) is 0 Å². The molecule has 1 fully saturated rings. The molecule has 0 spiro atoms. The maximum Gasteiger partial charge on any atom is 0.259 e. The number of nitrogens with one attached hydrogen (secondary N) is 1. The minimum absolute atomic E-state index is 0.00603. The van der Waals surface area contributed by atoms with Crippen molar-refractivity contribution in [1.29, 1.82) is 0 Å². The number of amidine groups is 2. The third kappa shape index (κ3) is 5.37. The van der Waals surface area contributed by atoms with Gasteiger partial charge in [-0.15, -0.1) is 0 Å². The van der Waals surface area contributed by atoms with Gasteiger partial charge in [0.25, 0.3) is 5.91 Å². The van der Waals surface area contributed by atoms with Gasteiger partial charge >= 0.3 is 0 Å². The van der Waals surface area contributed by atoms with Crippen LogP contribution in [-0.2, 0) is 20.9 Å². The Hall–Kier alpha value is -4.38. The van der Waals surface area contributed by atoms with E-state index in [1.807, 2.05) is 47.4 Å². The summed E-state index contributed by atoms with van der Waals surface area (Å²) in [5.74, 6) is 0.583. The molecule has 6 rings (SSSR count). The molecule has 0 aliphatic carbocycles. The first-order chi connectivity index (χ1) is 19.6. The molecule has 0 radical (unpaired) electrons. The van der Waals surface area contributed by atoms with Crippen molar-refractivity contribution >= 4 is 51.9 Å². The van der Waals surface area contributed by atoms with Gasteiger partial charge in [-0.05, 0) is 36.4 Å². The summed E-state index contributed by atoms with van der Waals surface area (Å²) in [4.78, 5) is 54.2. The van der Waals surface area contributed by atoms with Crippen LogP contribution in [-0.4, -0.2) is 76.5 Å². The Morgan fingerprint density at radius 1 is 0.975 bits per heavy atom. The number of para-hydroxylation sites is 2. The number of carbonyl (C=O) groups excluding carboxylic acids is 3. The lowest BCUT2D eigenvalue weighted by molar-refractivity contribution is -0.135. The van der Waals surface area contributed by atoms with Gasteiger partial charge < -0.3 is 19.5 Å². The first-order valence-corrected chi connectivity index (χ1v) is 14.1. The summed E-state index contributed by atoms with van der Waals surface area (Å²) in [6, 6.07) is 20.3. The number of carbonyl (C=O) groups is 3. The largest absolute Gasteiger partial charge is 0.467 e. The predicted molar refractivity (Wildman–Crippen MR) is 154 cm³/mol. The van der Waals surface area contributed by atoms with Gasteiger partial charge in [0.2, 0.25) is 11.8 Å². The van der Waals surface area contributed by atoms with Crippen molar-refractivity contribution in [2.24, 2.45) is 9.98 Å². The number of amides is 3. The SMILES string of the molecule is O=C(CSC1=Nc2ccccc2C2=N[C@@H](CC(=O)N3CCN(c4ccccc4)CC3)C(=O)N12)NCc1ccco1. The van der Waals surface area contributed by atoms with Crippen molar-refractivity contribution in [3.05, 3.63) is 84.3 Å². The standard InChI is InChI=1S/C29H28N6O4S/c36-25(30-18-21-9-6-16-39-21)19-40-29-32-23-11-5-4-10-22(23)27-31-24(28(38)35(27)29)17-26(37)34-14-12-33(13-15-34)20-7-2-1-3-8-20/h1-11,16,24H,12-15,17-19H2,(H,30,36)/t24-/m0/s1. The molecule has 0 saturated carbocycles. The Morgan fingerprint density at radius 3 is 2.52 bits per heavy atom.